The molecule has 0 unspecified atom stereocenters. The predicted molar refractivity (Wildman–Crippen MR) is 114 cm³/mol. The van der Waals surface area contributed by atoms with E-state index < -0.39 is 10.0 Å². The summed E-state index contributed by atoms with van der Waals surface area (Å²) in [5, 5.41) is 8.21. The number of sulfonamides is 1. The first-order valence-electron chi connectivity index (χ1n) is 10.1. The van der Waals surface area contributed by atoms with Gasteiger partial charge in [0.2, 0.25) is 15.9 Å². The minimum atomic E-state index is -3.71. The maximum absolute atomic E-state index is 13.3. The number of nitrogens with zero attached hydrogens (tertiary/aromatic N) is 3. The van der Waals surface area contributed by atoms with E-state index in [1.807, 2.05) is 43.3 Å². The average molecular weight is 444 g/mol. The Hall–Kier alpha value is -2.91. The lowest BCUT2D eigenvalue weighted by Crippen LogP contribution is -2.39. The summed E-state index contributed by atoms with van der Waals surface area (Å²) in [6, 6.07) is 14.5. The largest absolute Gasteiger partial charge is 0.495 e. The van der Waals surface area contributed by atoms with E-state index in [2.05, 4.69) is 10.2 Å². The van der Waals surface area contributed by atoms with Crippen LogP contribution in [0.1, 0.15) is 36.1 Å². The van der Waals surface area contributed by atoms with Gasteiger partial charge in [-0.05, 0) is 49.6 Å². The van der Waals surface area contributed by atoms with Crippen molar-refractivity contribution in [2.24, 2.45) is 0 Å². The Balaban J connectivity index is 1.48. The summed E-state index contributed by atoms with van der Waals surface area (Å²) in [7, 11) is -2.24. The zero-order valence-corrected chi connectivity index (χ0v) is 18.3. The number of methoxy groups -OCH3 is 1. The number of rotatable bonds is 7. The number of aryl methyl sites for hydroxylation is 1. The minimum absolute atomic E-state index is 0.159. The molecule has 1 saturated heterocycles. The smallest absolute Gasteiger partial charge is 0.253 e. The zero-order valence-electron chi connectivity index (χ0n) is 17.5. The van der Waals surface area contributed by atoms with E-state index >= 15 is 0 Å². The Bertz CT molecular complexity index is 1130. The summed E-state index contributed by atoms with van der Waals surface area (Å²) in [4.78, 5) is 0.179. The van der Waals surface area contributed by atoms with Crippen molar-refractivity contribution in [1.29, 1.82) is 0 Å². The van der Waals surface area contributed by atoms with Crippen LogP contribution in [0.2, 0.25) is 0 Å². The summed E-state index contributed by atoms with van der Waals surface area (Å²) >= 11 is 0. The third kappa shape index (κ3) is 4.72. The van der Waals surface area contributed by atoms with Gasteiger partial charge in [-0.25, -0.2) is 8.42 Å². The number of para-hydroxylation sites is 1. The van der Waals surface area contributed by atoms with E-state index in [1.165, 1.54) is 11.4 Å². The summed E-state index contributed by atoms with van der Waals surface area (Å²) in [6.45, 7) is 2.73. The van der Waals surface area contributed by atoms with Crippen molar-refractivity contribution >= 4 is 10.0 Å². The van der Waals surface area contributed by atoms with Gasteiger partial charge in [0.05, 0.1) is 13.0 Å². The monoisotopic (exact) mass is 443 g/mol. The summed E-state index contributed by atoms with van der Waals surface area (Å²) in [5.74, 6) is 1.68. The van der Waals surface area contributed by atoms with E-state index in [0.29, 0.717) is 36.2 Å². The molecule has 1 fully saturated rings. The van der Waals surface area contributed by atoms with Gasteiger partial charge in [-0.15, -0.1) is 10.2 Å². The van der Waals surface area contributed by atoms with Gasteiger partial charge in [0.1, 0.15) is 16.4 Å². The first-order valence-corrected chi connectivity index (χ1v) is 11.6. The molecule has 3 aromatic rings. The second-order valence-electron chi connectivity index (χ2n) is 7.49. The summed E-state index contributed by atoms with van der Waals surface area (Å²) in [6.07, 6.45) is 1.48. The second kappa shape index (κ2) is 9.07. The normalized spacial score (nSPS) is 17.4. The highest BCUT2D eigenvalue weighted by molar-refractivity contribution is 7.89. The molecule has 0 radical (unpaired) electrons. The van der Waals surface area contributed by atoms with E-state index in [1.54, 1.807) is 12.1 Å². The molecule has 8 nitrogen and oxygen atoms in total. The maximum Gasteiger partial charge on any atom is 0.253 e. The topological polar surface area (TPSA) is 94.8 Å². The third-order valence-corrected chi connectivity index (χ3v) is 7.14. The molecule has 2 heterocycles. The molecule has 0 amide bonds. The van der Waals surface area contributed by atoms with Crippen molar-refractivity contribution in [3.8, 4) is 11.5 Å². The van der Waals surface area contributed by atoms with Gasteiger partial charge >= 0.3 is 0 Å². The fourth-order valence-corrected chi connectivity index (χ4v) is 5.40. The van der Waals surface area contributed by atoms with Crippen LogP contribution in [0.4, 0.5) is 0 Å². The number of piperidine rings is 1. The van der Waals surface area contributed by atoms with Gasteiger partial charge < -0.3 is 13.9 Å². The Morgan fingerprint density at radius 1 is 1.16 bits per heavy atom. The molecule has 1 aliphatic heterocycles. The third-order valence-electron chi connectivity index (χ3n) is 5.26. The Labute approximate surface area is 181 Å². The summed E-state index contributed by atoms with van der Waals surface area (Å²) < 4.78 is 44.8. The number of aromatic nitrogens is 2. The lowest BCUT2D eigenvalue weighted by molar-refractivity contribution is 0.243. The molecule has 1 atom stereocenters. The average Bonchev–Trinajstić information content (AvgIpc) is 3.28. The first kappa shape index (κ1) is 21.3. The molecule has 1 aromatic heterocycles. The van der Waals surface area contributed by atoms with Crippen LogP contribution < -0.4 is 9.47 Å². The molecular weight excluding hydrogens is 418 g/mol. The van der Waals surface area contributed by atoms with Gasteiger partial charge in [-0.2, -0.15) is 4.31 Å². The van der Waals surface area contributed by atoms with Crippen LogP contribution in [0, 0.1) is 6.92 Å². The Morgan fingerprint density at radius 2 is 1.97 bits per heavy atom. The Kier molecular flexibility index (Phi) is 6.24. The van der Waals surface area contributed by atoms with Crippen LogP contribution in [-0.2, 0) is 16.6 Å². The van der Waals surface area contributed by atoms with E-state index in [9.17, 15) is 8.42 Å². The van der Waals surface area contributed by atoms with Gasteiger partial charge in [-0.3, -0.25) is 0 Å². The quantitative estimate of drug-likeness (QED) is 0.551. The molecule has 31 heavy (non-hydrogen) atoms. The highest BCUT2D eigenvalue weighted by Crippen LogP contribution is 2.33. The minimum Gasteiger partial charge on any atom is -0.495 e. The van der Waals surface area contributed by atoms with Crippen molar-refractivity contribution in [3.63, 3.8) is 0 Å². The molecular formula is C22H25N3O5S. The van der Waals surface area contributed by atoms with Crippen LogP contribution in [-0.4, -0.2) is 43.1 Å². The van der Waals surface area contributed by atoms with Gasteiger partial charge in [0.25, 0.3) is 5.89 Å². The standard InChI is InChI=1S/C22H25N3O5S/c1-16-10-11-19(28-2)20(13-16)31(26,27)25-12-6-7-17(14-25)22-24-23-21(30-22)15-29-18-8-4-3-5-9-18/h3-5,8-11,13,17H,6-7,12,14-15H2,1-2H3/t17-/m0/s1. The van der Waals surface area contributed by atoms with Crippen molar-refractivity contribution < 1.29 is 22.3 Å². The first-order chi connectivity index (χ1) is 15.0. The number of hydrogen-bond acceptors (Lipinski definition) is 7. The van der Waals surface area contributed by atoms with E-state index in [-0.39, 0.29) is 24.0 Å². The molecule has 1 aliphatic rings. The zero-order chi connectivity index (χ0) is 21.8. The molecule has 4 rings (SSSR count). The van der Waals surface area contributed by atoms with Crippen LogP contribution in [0.25, 0.3) is 0 Å². The number of ether oxygens (including phenoxy) is 2. The lowest BCUT2D eigenvalue weighted by atomic mass is 10.00. The van der Waals surface area contributed by atoms with Crippen LogP contribution >= 0.6 is 0 Å². The van der Waals surface area contributed by atoms with E-state index in [4.69, 9.17) is 13.9 Å². The van der Waals surface area contributed by atoms with Gasteiger partial charge in [0.15, 0.2) is 6.61 Å². The number of hydrogen-bond donors (Lipinski definition) is 0. The van der Waals surface area contributed by atoms with Crippen molar-refractivity contribution in [3.05, 3.63) is 65.9 Å². The van der Waals surface area contributed by atoms with Crippen LogP contribution in [0.3, 0.4) is 0 Å². The van der Waals surface area contributed by atoms with Crippen LogP contribution in [0.5, 0.6) is 11.5 Å². The molecule has 0 spiro atoms. The van der Waals surface area contributed by atoms with Crippen molar-refractivity contribution in [1.82, 2.24) is 14.5 Å². The SMILES string of the molecule is COc1ccc(C)cc1S(=O)(=O)N1CCC[C@H](c2nnc(COc3ccccc3)o2)C1. The molecule has 0 aliphatic carbocycles. The fourth-order valence-electron chi connectivity index (χ4n) is 3.64. The number of benzene rings is 2. The van der Waals surface area contributed by atoms with Gasteiger partial charge in [0, 0.05) is 13.1 Å². The molecule has 0 bridgehead atoms. The molecule has 2 aromatic carbocycles. The highest BCUT2D eigenvalue weighted by atomic mass is 32.2. The van der Waals surface area contributed by atoms with E-state index in [0.717, 1.165) is 12.0 Å². The van der Waals surface area contributed by atoms with Crippen molar-refractivity contribution in [2.45, 2.75) is 37.2 Å². The molecule has 0 saturated carbocycles. The fraction of sp³-hybridized carbons (Fsp3) is 0.364. The molecule has 9 heteroatoms. The highest BCUT2D eigenvalue weighted by Gasteiger charge is 2.34. The predicted octanol–water partition coefficient (Wildman–Crippen LogP) is 3.53. The van der Waals surface area contributed by atoms with Crippen LogP contribution in [0.15, 0.2) is 57.8 Å². The lowest BCUT2D eigenvalue weighted by Gasteiger charge is -2.30. The van der Waals surface area contributed by atoms with Gasteiger partial charge in [-0.1, -0.05) is 24.3 Å². The molecule has 164 valence electrons. The Morgan fingerprint density at radius 3 is 2.74 bits per heavy atom. The maximum atomic E-state index is 13.3. The van der Waals surface area contributed by atoms with Crippen molar-refractivity contribution in [2.75, 3.05) is 20.2 Å². The summed E-state index contributed by atoms with van der Waals surface area (Å²) in [5.41, 5.74) is 0.855. The molecule has 0 N–H and O–H groups in total. The second-order valence-corrected chi connectivity index (χ2v) is 9.40.